The van der Waals surface area contributed by atoms with Crippen molar-refractivity contribution in [2.45, 2.75) is 32.7 Å². The third-order valence-corrected chi connectivity index (χ3v) is 5.00. The van der Waals surface area contributed by atoms with Crippen LogP contribution in [0.25, 0.3) is 22.2 Å². The number of carbonyl (C=O) groups is 1. The summed E-state index contributed by atoms with van der Waals surface area (Å²) in [7, 11) is 4.06. The summed E-state index contributed by atoms with van der Waals surface area (Å²) >= 11 is 0. The Morgan fingerprint density at radius 2 is 2.08 bits per heavy atom. The Morgan fingerprint density at radius 3 is 2.73 bits per heavy atom. The Balaban J connectivity index is 2.10. The Morgan fingerprint density at radius 1 is 1.35 bits per heavy atom. The minimum absolute atomic E-state index is 0.0120. The largest absolute Gasteiger partial charge is 0.543 e. The molecule has 6 nitrogen and oxygen atoms in total. The number of carboxylic acid groups (broad SMARTS) is 1. The molecule has 0 radical (unpaired) electrons. The third kappa shape index (κ3) is 3.37. The van der Waals surface area contributed by atoms with Crippen LogP contribution in [0.2, 0.25) is 0 Å². The van der Waals surface area contributed by atoms with Gasteiger partial charge < -0.3 is 24.2 Å². The molecule has 6 heteroatoms. The summed E-state index contributed by atoms with van der Waals surface area (Å²) in [5.74, 6) is -0.126. The number of para-hydroxylation sites is 1. The minimum atomic E-state index is -1.32. The number of quaternary nitrogens is 1. The normalized spacial score (nSPS) is 14.0. The smallest absolute Gasteiger partial charge is 0.254 e. The van der Waals surface area contributed by atoms with Crippen LogP contribution >= 0.6 is 0 Å². The van der Waals surface area contributed by atoms with Gasteiger partial charge in [0.05, 0.1) is 20.1 Å². The van der Waals surface area contributed by atoms with Crippen LogP contribution in [0.4, 0.5) is 0 Å². The summed E-state index contributed by atoms with van der Waals surface area (Å²) < 4.78 is 6.02. The number of nitrogens with zero attached hydrogens (tertiary/aromatic N) is 1. The molecule has 3 aromatic rings. The first kappa shape index (κ1) is 18.2. The number of nitrogens with one attached hydrogen (secondary N) is 2. The lowest BCUT2D eigenvalue weighted by Gasteiger charge is -2.21. The van der Waals surface area contributed by atoms with Crippen molar-refractivity contribution in [2.24, 2.45) is 5.92 Å². The maximum Gasteiger partial charge on any atom is 0.254 e. The van der Waals surface area contributed by atoms with E-state index in [9.17, 15) is 9.90 Å². The number of aromatic amines is 1. The summed E-state index contributed by atoms with van der Waals surface area (Å²) in [6.07, 6.45) is 3.68. The lowest BCUT2D eigenvalue weighted by atomic mass is 9.98. The number of hydrogen-bond donors (Lipinski definition) is 2. The maximum atomic E-state index is 11.7. The van der Waals surface area contributed by atoms with Crippen molar-refractivity contribution in [1.29, 1.82) is 0 Å². The molecule has 3 rings (SSSR count). The van der Waals surface area contributed by atoms with Crippen LogP contribution in [0.1, 0.15) is 49.1 Å². The van der Waals surface area contributed by atoms with E-state index in [1.165, 1.54) is 0 Å². The highest BCUT2D eigenvalue weighted by Crippen LogP contribution is 2.33. The first-order chi connectivity index (χ1) is 12.4. The van der Waals surface area contributed by atoms with Gasteiger partial charge in [0, 0.05) is 29.1 Å². The predicted octanol–water partition coefficient (Wildman–Crippen LogP) is 1.81. The molecule has 1 aromatic carbocycles. The quantitative estimate of drug-likeness (QED) is 0.677. The van der Waals surface area contributed by atoms with E-state index in [1.807, 2.05) is 38.4 Å². The highest BCUT2D eigenvalue weighted by atomic mass is 16.4. The number of aromatic carboxylic acids is 1. The fourth-order valence-electron chi connectivity index (χ4n) is 3.22. The molecule has 0 amide bonds. The van der Waals surface area contributed by atoms with Crippen molar-refractivity contribution in [3.8, 4) is 11.3 Å². The molecule has 0 aliphatic carbocycles. The fourth-order valence-corrected chi connectivity index (χ4v) is 3.22. The van der Waals surface area contributed by atoms with Crippen molar-refractivity contribution in [1.82, 2.24) is 9.97 Å². The van der Waals surface area contributed by atoms with Crippen molar-refractivity contribution in [2.75, 3.05) is 14.1 Å². The number of oxazole rings is 1. The highest BCUT2D eigenvalue weighted by molar-refractivity contribution is 5.99. The predicted molar refractivity (Wildman–Crippen MR) is 97.7 cm³/mol. The van der Waals surface area contributed by atoms with Crippen molar-refractivity contribution in [3.05, 3.63) is 42.0 Å². The monoisotopic (exact) mass is 355 g/mol. The first-order valence-corrected chi connectivity index (χ1v) is 9.00. The number of H-pyrrole nitrogens is 1. The molecule has 0 bridgehead atoms. The van der Waals surface area contributed by atoms with Crippen LogP contribution in [0.15, 0.2) is 34.9 Å². The van der Waals surface area contributed by atoms with E-state index in [-0.39, 0.29) is 17.5 Å². The fraction of sp³-hybridized carbons (Fsp3) is 0.400. The Kier molecular flexibility index (Phi) is 5.13. The molecule has 0 saturated carbocycles. The second-order valence-corrected chi connectivity index (χ2v) is 7.14. The van der Waals surface area contributed by atoms with E-state index in [0.29, 0.717) is 17.4 Å². The van der Waals surface area contributed by atoms with Gasteiger partial charge in [-0.25, -0.2) is 4.98 Å². The van der Waals surface area contributed by atoms with Gasteiger partial charge in [0.1, 0.15) is 5.69 Å². The minimum Gasteiger partial charge on any atom is -0.543 e. The second kappa shape index (κ2) is 7.33. The number of aromatic nitrogens is 2. The highest BCUT2D eigenvalue weighted by Gasteiger charge is 2.29. The van der Waals surface area contributed by atoms with Crippen molar-refractivity contribution >= 4 is 16.9 Å². The third-order valence-electron chi connectivity index (χ3n) is 5.00. The summed E-state index contributed by atoms with van der Waals surface area (Å²) in [4.78, 5) is 20.3. The first-order valence-electron chi connectivity index (χ1n) is 9.00. The summed E-state index contributed by atoms with van der Waals surface area (Å²) in [6.45, 7) is 4.32. The van der Waals surface area contributed by atoms with Gasteiger partial charge in [-0.3, -0.25) is 0 Å². The Bertz CT molecular complexity index is 910. The summed E-state index contributed by atoms with van der Waals surface area (Å²) in [6, 6.07) is 7.68. The van der Waals surface area contributed by atoms with Crippen LogP contribution in [-0.2, 0) is 0 Å². The van der Waals surface area contributed by atoms with Gasteiger partial charge in [0.25, 0.3) is 5.89 Å². The average Bonchev–Trinajstić information content (AvgIpc) is 3.23. The molecule has 2 aromatic heterocycles. The number of benzene rings is 1. The zero-order valence-corrected chi connectivity index (χ0v) is 15.6. The van der Waals surface area contributed by atoms with Gasteiger partial charge in [0.15, 0.2) is 11.8 Å². The van der Waals surface area contributed by atoms with Crippen molar-refractivity contribution in [3.63, 3.8) is 0 Å². The topological polar surface area (TPSA) is 86.4 Å². The number of hydrogen-bond acceptors (Lipinski definition) is 4. The van der Waals surface area contributed by atoms with Gasteiger partial charge in [-0.05, 0) is 12.0 Å². The van der Waals surface area contributed by atoms with Crippen LogP contribution in [0, 0.1) is 5.92 Å². The lowest BCUT2D eigenvalue weighted by molar-refractivity contribution is -0.894. The number of fused-ring (bicyclic) bond motifs is 1. The molecule has 2 atom stereocenters. The Labute approximate surface area is 152 Å². The number of carbonyl (C=O) groups excluding carboxylic acids is 1. The SMILES string of the molecule is CC[C@@H](C)C[C@@H](c1nc(C(=O)[O-])c(-c2c[nH]c3ccccc23)o1)[NH+](C)C. The van der Waals surface area contributed by atoms with Crippen LogP contribution in [0.5, 0.6) is 0 Å². The van der Waals surface area contributed by atoms with E-state index in [4.69, 9.17) is 4.42 Å². The van der Waals surface area contributed by atoms with E-state index < -0.39 is 5.97 Å². The summed E-state index contributed by atoms with van der Waals surface area (Å²) in [5.41, 5.74) is 1.47. The van der Waals surface area contributed by atoms with Gasteiger partial charge >= 0.3 is 0 Å². The standard InChI is InChI=1S/C20H25N3O3/c1-5-12(2)10-16(23(3)4)19-22-17(20(24)25)18(26-19)14-11-21-15-9-7-6-8-13(14)15/h6-9,11-12,16,21H,5,10H2,1-4H3,(H,24,25)/t12-,16+/m1/s1. The molecule has 2 N–H and O–H groups in total. The number of rotatable bonds is 7. The zero-order valence-electron chi connectivity index (χ0n) is 15.6. The molecule has 0 unspecified atom stereocenters. The van der Waals surface area contributed by atoms with E-state index in [1.54, 1.807) is 6.20 Å². The maximum absolute atomic E-state index is 11.7. The van der Waals surface area contributed by atoms with Gasteiger partial charge in [-0.2, -0.15) is 0 Å². The van der Waals surface area contributed by atoms with Crippen LogP contribution in [-0.4, -0.2) is 30.0 Å². The summed E-state index contributed by atoms with van der Waals surface area (Å²) in [5, 5.41) is 12.6. The zero-order chi connectivity index (χ0) is 18.8. The van der Waals surface area contributed by atoms with Gasteiger partial charge in [-0.15, -0.1) is 0 Å². The molecule has 0 aliphatic heterocycles. The Hall–Kier alpha value is -2.60. The molecule has 0 fully saturated rings. The molecule has 2 heterocycles. The van der Waals surface area contributed by atoms with Gasteiger partial charge in [-0.1, -0.05) is 38.5 Å². The molecule has 138 valence electrons. The van der Waals surface area contributed by atoms with E-state index in [2.05, 4.69) is 23.8 Å². The van der Waals surface area contributed by atoms with E-state index >= 15 is 0 Å². The number of carboxylic acids is 1. The molecule has 26 heavy (non-hydrogen) atoms. The average molecular weight is 355 g/mol. The lowest BCUT2D eigenvalue weighted by Crippen LogP contribution is -3.06. The molecule has 0 aliphatic rings. The molecular formula is C20H25N3O3. The second-order valence-electron chi connectivity index (χ2n) is 7.14. The van der Waals surface area contributed by atoms with Gasteiger partial charge in [0.2, 0.25) is 0 Å². The van der Waals surface area contributed by atoms with E-state index in [0.717, 1.165) is 28.6 Å². The molecule has 0 spiro atoms. The van der Waals surface area contributed by atoms with Crippen LogP contribution in [0.3, 0.4) is 0 Å². The molecule has 0 saturated heterocycles. The molecular weight excluding hydrogens is 330 g/mol. The van der Waals surface area contributed by atoms with Crippen molar-refractivity contribution < 1.29 is 19.2 Å². The van der Waals surface area contributed by atoms with Crippen LogP contribution < -0.4 is 10.0 Å².